The molecule has 10 heteroatoms. The van der Waals surface area contributed by atoms with Crippen molar-refractivity contribution in [3.8, 4) is 0 Å². The van der Waals surface area contributed by atoms with Crippen LogP contribution in [0.1, 0.15) is 43.4 Å². The van der Waals surface area contributed by atoms with E-state index in [1.54, 1.807) is 36.4 Å². The maximum atomic E-state index is 13.9. The first-order chi connectivity index (χ1) is 19.3. The SMILES string of the molecule is Cc1cccc(N(CCCC(=O)N(Cc2ccc(Cl)cc2Cl)C(Cc2ccccc2)C(=O)NC(C)C)S(C)(=O)=O)c1. The van der Waals surface area contributed by atoms with Crippen molar-refractivity contribution in [3.63, 3.8) is 0 Å². The van der Waals surface area contributed by atoms with Crippen molar-refractivity contribution in [2.75, 3.05) is 17.1 Å². The molecule has 3 aromatic carbocycles. The molecule has 7 nitrogen and oxygen atoms in total. The van der Waals surface area contributed by atoms with Gasteiger partial charge in [0, 0.05) is 42.0 Å². The highest BCUT2D eigenvalue weighted by atomic mass is 35.5. The van der Waals surface area contributed by atoms with Gasteiger partial charge in [0.15, 0.2) is 0 Å². The van der Waals surface area contributed by atoms with Crippen LogP contribution in [0.15, 0.2) is 72.8 Å². The smallest absolute Gasteiger partial charge is 0.243 e. The van der Waals surface area contributed by atoms with E-state index in [1.165, 1.54) is 9.21 Å². The van der Waals surface area contributed by atoms with Crippen LogP contribution < -0.4 is 9.62 Å². The van der Waals surface area contributed by atoms with Gasteiger partial charge in [-0.2, -0.15) is 0 Å². The summed E-state index contributed by atoms with van der Waals surface area (Å²) in [5, 5.41) is 3.81. The molecule has 0 radical (unpaired) electrons. The number of rotatable bonds is 13. The Morgan fingerprint density at radius 3 is 2.27 bits per heavy atom. The average molecular weight is 619 g/mol. The second-order valence-electron chi connectivity index (χ2n) is 10.4. The molecule has 0 aliphatic carbocycles. The highest BCUT2D eigenvalue weighted by molar-refractivity contribution is 7.92. The van der Waals surface area contributed by atoms with E-state index in [-0.39, 0.29) is 43.8 Å². The van der Waals surface area contributed by atoms with E-state index < -0.39 is 16.1 Å². The maximum Gasteiger partial charge on any atom is 0.243 e. The van der Waals surface area contributed by atoms with Crippen LogP contribution in [0.3, 0.4) is 0 Å². The zero-order valence-corrected chi connectivity index (χ0v) is 26.1. The van der Waals surface area contributed by atoms with Gasteiger partial charge in [-0.05, 0) is 68.1 Å². The molecular formula is C31H37Cl2N3O4S. The van der Waals surface area contributed by atoms with Crippen molar-refractivity contribution < 1.29 is 18.0 Å². The second-order valence-corrected chi connectivity index (χ2v) is 13.2. The normalized spacial score (nSPS) is 12.2. The van der Waals surface area contributed by atoms with E-state index in [2.05, 4.69) is 5.32 Å². The quantitative estimate of drug-likeness (QED) is 0.254. The van der Waals surface area contributed by atoms with Crippen molar-refractivity contribution in [2.24, 2.45) is 0 Å². The first kappa shape index (κ1) is 32.4. The van der Waals surface area contributed by atoms with Crippen molar-refractivity contribution >= 4 is 50.7 Å². The summed E-state index contributed by atoms with van der Waals surface area (Å²) in [5.41, 5.74) is 3.03. The van der Waals surface area contributed by atoms with Crippen LogP contribution >= 0.6 is 23.2 Å². The van der Waals surface area contributed by atoms with Crippen molar-refractivity contribution in [1.29, 1.82) is 0 Å². The number of aryl methyl sites for hydroxylation is 1. The molecule has 3 aromatic rings. The number of carbonyl (C=O) groups excluding carboxylic acids is 2. The Kier molecular flexibility index (Phi) is 11.6. The minimum atomic E-state index is -3.58. The average Bonchev–Trinajstić information content (AvgIpc) is 2.89. The number of hydrogen-bond donors (Lipinski definition) is 1. The van der Waals surface area contributed by atoms with E-state index in [0.717, 1.165) is 17.4 Å². The van der Waals surface area contributed by atoms with Crippen LogP contribution in [-0.4, -0.2) is 50.0 Å². The van der Waals surface area contributed by atoms with E-state index in [4.69, 9.17) is 23.2 Å². The molecule has 1 atom stereocenters. The van der Waals surface area contributed by atoms with Crippen LogP contribution in [-0.2, 0) is 32.6 Å². The van der Waals surface area contributed by atoms with E-state index >= 15 is 0 Å². The second kappa shape index (κ2) is 14.7. The van der Waals surface area contributed by atoms with Gasteiger partial charge >= 0.3 is 0 Å². The minimum absolute atomic E-state index is 0.0310. The Hall–Kier alpha value is -3.07. The molecule has 2 amide bonds. The maximum absolute atomic E-state index is 13.9. The number of sulfonamides is 1. The number of benzene rings is 3. The fourth-order valence-electron chi connectivity index (χ4n) is 4.56. The van der Waals surface area contributed by atoms with Crippen molar-refractivity contribution in [1.82, 2.24) is 10.2 Å². The fourth-order valence-corrected chi connectivity index (χ4v) is 5.98. The Morgan fingerprint density at radius 1 is 0.951 bits per heavy atom. The van der Waals surface area contributed by atoms with Crippen LogP contribution in [0.5, 0.6) is 0 Å². The fraction of sp³-hybridized carbons (Fsp3) is 0.355. The lowest BCUT2D eigenvalue weighted by Gasteiger charge is -2.32. The van der Waals surface area contributed by atoms with Gasteiger partial charge in [-0.25, -0.2) is 8.42 Å². The lowest BCUT2D eigenvalue weighted by Crippen LogP contribution is -2.51. The molecule has 0 aliphatic heterocycles. The Balaban J connectivity index is 1.91. The van der Waals surface area contributed by atoms with E-state index in [0.29, 0.717) is 27.7 Å². The molecule has 220 valence electrons. The summed E-state index contributed by atoms with van der Waals surface area (Å²) in [4.78, 5) is 28.9. The Bertz CT molecular complexity index is 1450. The molecule has 0 fully saturated rings. The molecule has 0 saturated heterocycles. The number of nitrogens with one attached hydrogen (secondary N) is 1. The molecule has 0 spiro atoms. The predicted molar refractivity (Wildman–Crippen MR) is 167 cm³/mol. The van der Waals surface area contributed by atoms with Crippen LogP contribution in [0.2, 0.25) is 10.0 Å². The van der Waals surface area contributed by atoms with Gasteiger partial charge in [0.05, 0.1) is 11.9 Å². The van der Waals surface area contributed by atoms with Crippen molar-refractivity contribution in [2.45, 2.75) is 58.7 Å². The summed E-state index contributed by atoms with van der Waals surface area (Å²) in [6, 6.07) is 20.8. The van der Waals surface area contributed by atoms with Gasteiger partial charge in [-0.1, -0.05) is 71.7 Å². The molecule has 0 aromatic heterocycles. The summed E-state index contributed by atoms with van der Waals surface area (Å²) in [6.45, 7) is 5.83. The number of halogens is 2. The third kappa shape index (κ3) is 9.76. The molecule has 0 heterocycles. The number of hydrogen-bond acceptors (Lipinski definition) is 4. The highest BCUT2D eigenvalue weighted by Crippen LogP contribution is 2.25. The van der Waals surface area contributed by atoms with Gasteiger partial charge in [0.1, 0.15) is 6.04 Å². The third-order valence-corrected chi connectivity index (χ3v) is 8.28. The van der Waals surface area contributed by atoms with Gasteiger partial charge in [-0.15, -0.1) is 0 Å². The molecule has 3 rings (SSSR count). The first-order valence-electron chi connectivity index (χ1n) is 13.5. The zero-order chi connectivity index (χ0) is 30.2. The van der Waals surface area contributed by atoms with Gasteiger partial charge in [-0.3, -0.25) is 13.9 Å². The van der Waals surface area contributed by atoms with Crippen LogP contribution in [0.4, 0.5) is 5.69 Å². The van der Waals surface area contributed by atoms with Gasteiger partial charge < -0.3 is 10.2 Å². The molecule has 1 N–H and O–H groups in total. The van der Waals surface area contributed by atoms with Crippen LogP contribution in [0, 0.1) is 6.92 Å². The summed E-state index contributed by atoms with van der Waals surface area (Å²) in [6.07, 6.45) is 1.74. The number of anilines is 1. The van der Waals surface area contributed by atoms with Gasteiger partial charge in [0.2, 0.25) is 21.8 Å². The Labute approximate surface area is 253 Å². The summed E-state index contributed by atoms with van der Waals surface area (Å²) < 4.78 is 26.5. The molecule has 0 saturated carbocycles. The third-order valence-electron chi connectivity index (χ3n) is 6.50. The standard InChI is InChI=1S/C31H37Cl2N3O4S/c1-22(2)34-31(38)29(19-24-11-6-5-7-12-24)35(21-25-15-16-26(32)20-28(25)33)30(37)14-9-17-36(41(4,39)40)27-13-8-10-23(3)18-27/h5-8,10-13,15-16,18,20,22,29H,9,14,17,19,21H2,1-4H3,(H,34,38). The van der Waals surface area contributed by atoms with E-state index in [1.807, 2.05) is 57.2 Å². The zero-order valence-electron chi connectivity index (χ0n) is 23.8. The molecule has 1 unspecified atom stereocenters. The summed E-state index contributed by atoms with van der Waals surface area (Å²) >= 11 is 12.6. The first-order valence-corrected chi connectivity index (χ1v) is 16.1. The van der Waals surface area contributed by atoms with Crippen molar-refractivity contribution in [3.05, 3.63) is 99.5 Å². The summed E-state index contributed by atoms with van der Waals surface area (Å²) in [7, 11) is -3.58. The molecular weight excluding hydrogens is 581 g/mol. The number of amides is 2. The minimum Gasteiger partial charge on any atom is -0.352 e. The highest BCUT2D eigenvalue weighted by Gasteiger charge is 2.31. The lowest BCUT2D eigenvalue weighted by atomic mass is 10.0. The molecule has 0 bridgehead atoms. The topological polar surface area (TPSA) is 86.8 Å². The lowest BCUT2D eigenvalue weighted by molar-refractivity contribution is -0.141. The Morgan fingerprint density at radius 2 is 1.66 bits per heavy atom. The predicted octanol–water partition coefficient (Wildman–Crippen LogP) is 6.01. The van der Waals surface area contributed by atoms with E-state index in [9.17, 15) is 18.0 Å². The van der Waals surface area contributed by atoms with Crippen LogP contribution in [0.25, 0.3) is 0 Å². The largest absolute Gasteiger partial charge is 0.352 e. The van der Waals surface area contributed by atoms with Gasteiger partial charge in [0.25, 0.3) is 0 Å². The number of nitrogens with zero attached hydrogens (tertiary/aromatic N) is 2. The number of carbonyl (C=O) groups is 2. The molecule has 41 heavy (non-hydrogen) atoms. The monoisotopic (exact) mass is 617 g/mol. The summed E-state index contributed by atoms with van der Waals surface area (Å²) in [5.74, 6) is -0.562. The molecule has 0 aliphatic rings.